The number of aromatic nitrogens is 2. The minimum Gasteiger partial charge on any atom is -0.403 e. The molecule has 0 aliphatic carbocycles. The summed E-state index contributed by atoms with van der Waals surface area (Å²) in [5.41, 5.74) is 1.05. The van der Waals surface area contributed by atoms with E-state index in [2.05, 4.69) is 29.4 Å². The largest absolute Gasteiger partial charge is 0.403 e. The highest BCUT2D eigenvalue weighted by atomic mass is 35.5. The number of rotatable bonds is 5. The topological polar surface area (TPSA) is 68.0 Å². The quantitative estimate of drug-likeness (QED) is 0.530. The molecule has 2 aromatic heterocycles. The zero-order chi connectivity index (χ0) is 18.0. The molecule has 1 aromatic carbocycles. The molecule has 0 aliphatic heterocycles. The average Bonchev–Trinajstić information content (AvgIpc) is 3.13. The lowest BCUT2D eigenvalue weighted by atomic mass is 10.2. The maximum Gasteiger partial charge on any atom is 0.322 e. The van der Waals surface area contributed by atoms with Crippen LogP contribution in [0.2, 0.25) is 8.67 Å². The molecular formula is C16H13Cl2N3O2S2. The number of nitrogens with zero attached hydrogens (tertiary/aromatic N) is 2. The van der Waals surface area contributed by atoms with Gasteiger partial charge in [0.15, 0.2) is 0 Å². The summed E-state index contributed by atoms with van der Waals surface area (Å²) in [5, 5.41) is 10.8. The first-order chi connectivity index (χ1) is 11.9. The lowest BCUT2D eigenvalue weighted by Gasteiger charge is -2.05. The smallest absolute Gasteiger partial charge is 0.322 e. The highest BCUT2D eigenvalue weighted by Crippen LogP contribution is 2.37. The maximum atomic E-state index is 12.3. The van der Waals surface area contributed by atoms with Crippen molar-refractivity contribution in [2.24, 2.45) is 0 Å². The molecule has 0 atom stereocenters. The number of carbonyl (C=O) groups is 1. The van der Waals surface area contributed by atoms with Crippen molar-refractivity contribution in [3.05, 3.63) is 44.6 Å². The molecule has 3 aromatic rings. The van der Waals surface area contributed by atoms with Crippen LogP contribution in [0.5, 0.6) is 0 Å². The highest BCUT2D eigenvalue weighted by molar-refractivity contribution is 7.99. The predicted molar refractivity (Wildman–Crippen MR) is 103 cm³/mol. The summed E-state index contributed by atoms with van der Waals surface area (Å²) in [7, 11) is 0. The molecule has 0 aliphatic rings. The highest BCUT2D eigenvalue weighted by Gasteiger charge is 2.17. The van der Waals surface area contributed by atoms with Crippen LogP contribution in [0.15, 0.2) is 39.6 Å². The summed E-state index contributed by atoms with van der Waals surface area (Å²) in [6.07, 6.45) is 0. The Bertz CT molecular complexity index is 891. The van der Waals surface area contributed by atoms with Crippen molar-refractivity contribution < 1.29 is 9.21 Å². The Morgan fingerprint density at radius 3 is 2.56 bits per heavy atom. The molecule has 0 saturated carbocycles. The molecule has 2 heterocycles. The van der Waals surface area contributed by atoms with Gasteiger partial charge in [-0.3, -0.25) is 10.1 Å². The third-order valence-corrected chi connectivity index (χ3v) is 5.52. The van der Waals surface area contributed by atoms with Crippen LogP contribution in [0.4, 0.5) is 6.01 Å². The Kier molecular flexibility index (Phi) is 5.68. The van der Waals surface area contributed by atoms with Gasteiger partial charge in [-0.15, -0.1) is 28.2 Å². The third kappa shape index (κ3) is 4.55. The number of amides is 1. The normalized spacial score (nSPS) is 11.1. The van der Waals surface area contributed by atoms with Gasteiger partial charge in [-0.05, 0) is 30.3 Å². The van der Waals surface area contributed by atoms with Crippen molar-refractivity contribution in [3.63, 3.8) is 0 Å². The Morgan fingerprint density at radius 1 is 1.24 bits per heavy atom. The van der Waals surface area contributed by atoms with E-state index in [1.807, 2.05) is 12.1 Å². The van der Waals surface area contributed by atoms with Crippen molar-refractivity contribution in [2.45, 2.75) is 24.0 Å². The molecule has 25 heavy (non-hydrogen) atoms. The number of halogens is 2. The molecule has 0 saturated heterocycles. The molecule has 5 nitrogen and oxygen atoms in total. The van der Waals surface area contributed by atoms with E-state index >= 15 is 0 Å². The van der Waals surface area contributed by atoms with E-state index in [4.69, 9.17) is 27.6 Å². The number of nitrogens with one attached hydrogen (secondary N) is 1. The van der Waals surface area contributed by atoms with Crippen molar-refractivity contribution in [1.29, 1.82) is 0 Å². The van der Waals surface area contributed by atoms with Gasteiger partial charge < -0.3 is 4.42 Å². The maximum absolute atomic E-state index is 12.3. The second-order valence-corrected chi connectivity index (χ2v) is 9.23. The van der Waals surface area contributed by atoms with Crippen LogP contribution in [-0.4, -0.2) is 21.4 Å². The van der Waals surface area contributed by atoms with Gasteiger partial charge in [-0.2, -0.15) is 0 Å². The minimum absolute atomic E-state index is 0.000906. The summed E-state index contributed by atoms with van der Waals surface area (Å²) in [5.74, 6) is -0.127. The minimum atomic E-state index is -0.328. The molecule has 0 radical (unpaired) electrons. The molecule has 0 unspecified atom stereocenters. The molecular weight excluding hydrogens is 401 g/mol. The number of hydrogen-bond donors (Lipinski definition) is 1. The Labute approximate surface area is 162 Å². The first-order valence-electron chi connectivity index (χ1n) is 7.29. The van der Waals surface area contributed by atoms with E-state index in [-0.39, 0.29) is 17.8 Å². The lowest BCUT2D eigenvalue weighted by Crippen LogP contribution is -2.11. The van der Waals surface area contributed by atoms with Gasteiger partial charge in [-0.25, -0.2) is 0 Å². The van der Waals surface area contributed by atoms with Crippen molar-refractivity contribution in [3.8, 4) is 11.5 Å². The van der Waals surface area contributed by atoms with Crippen LogP contribution < -0.4 is 5.32 Å². The molecule has 130 valence electrons. The van der Waals surface area contributed by atoms with Crippen LogP contribution in [0.3, 0.4) is 0 Å². The van der Waals surface area contributed by atoms with Gasteiger partial charge in [0.25, 0.3) is 11.8 Å². The van der Waals surface area contributed by atoms with Crippen LogP contribution in [0.1, 0.15) is 24.2 Å². The summed E-state index contributed by atoms with van der Waals surface area (Å²) in [6, 6.07) is 8.97. The van der Waals surface area contributed by atoms with Gasteiger partial charge in [0.2, 0.25) is 0 Å². The molecule has 0 spiro atoms. The first-order valence-corrected chi connectivity index (χ1v) is 9.74. The average molecular weight is 414 g/mol. The fourth-order valence-electron chi connectivity index (χ4n) is 1.99. The van der Waals surface area contributed by atoms with Crippen molar-refractivity contribution in [2.75, 3.05) is 5.32 Å². The molecule has 0 bridgehead atoms. The van der Waals surface area contributed by atoms with Gasteiger partial charge in [-0.1, -0.05) is 42.1 Å². The van der Waals surface area contributed by atoms with Crippen LogP contribution in [-0.2, 0) is 0 Å². The predicted octanol–water partition coefficient (Wildman–Crippen LogP) is 5.86. The monoisotopic (exact) mass is 413 g/mol. The number of thiophene rings is 1. The second kappa shape index (κ2) is 7.78. The van der Waals surface area contributed by atoms with E-state index in [1.165, 1.54) is 11.3 Å². The van der Waals surface area contributed by atoms with E-state index < -0.39 is 0 Å². The van der Waals surface area contributed by atoms with Crippen LogP contribution in [0.25, 0.3) is 11.5 Å². The standard InChI is InChI=1S/C16H13Cl2N3O2S2/c1-8(2)24-10-5-3-9(4-6-10)14(22)19-16-21-20-15(23-16)11-7-12(17)25-13(11)18/h3-8H,1-2H3,(H,19,21,22). The number of hydrogen-bond acceptors (Lipinski definition) is 6. The van der Waals surface area contributed by atoms with Gasteiger partial charge >= 0.3 is 6.01 Å². The summed E-state index contributed by atoms with van der Waals surface area (Å²) < 4.78 is 6.40. The van der Waals surface area contributed by atoms with E-state index in [0.717, 1.165) is 4.90 Å². The zero-order valence-corrected chi connectivity index (χ0v) is 16.4. The van der Waals surface area contributed by atoms with Gasteiger partial charge in [0, 0.05) is 15.7 Å². The van der Waals surface area contributed by atoms with Gasteiger partial charge in [0.05, 0.1) is 9.90 Å². The van der Waals surface area contributed by atoms with Gasteiger partial charge in [0.1, 0.15) is 4.34 Å². The fraction of sp³-hybridized carbons (Fsp3) is 0.188. The molecule has 0 fully saturated rings. The van der Waals surface area contributed by atoms with Crippen LogP contribution >= 0.6 is 46.3 Å². The Balaban J connectivity index is 1.70. The van der Waals surface area contributed by atoms with Crippen LogP contribution in [0, 0.1) is 0 Å². The van der Waals surface area contributed by atoms with Crippen molar-refractivity contribution >= 4 is 58.2 Å². The lowest BCUT2D eigenvalue weighted by molar-refractivity contribution is 0.102. The van der Waals surface area contributed by atoms with E-state index in [9.17, 15) is 4.79 Å². The fourth-order valence-corrected chi connectivity index (χ4v) is 4.28. The van der Waals surface area contributed by atoms with Crippen molar-refractivity contribution in [1.82, 2.24) is 10.2 Å². The summed E-state index contributed by atoms with van der Waals surface area (Å²) in [4.78, 5) is 13.4. The summed E-state index contributed by atoms with van der Waals surface area (Å²) in [6.45, 7) is 4.23. The molecule has 1 N–H and O–H groups in total. The molecule has 1 amide bonds. The van der Waals surface area contributed by atoms with E-state index in [1.54, 1.807) is 30.0 Å². The number of carbonyl (C=O) groups excluding carboxylic acids is 1. The Morgan fingerprint density at radius 2 is 1.96 bits per heavy atom. The number of benzene rings is 1. The zero-order valence-electron chi connectivity index (χ0n) is 13.2. The molecule has 9 heteroatoms. The Hall–Kier alpha value is -1.54. The molecule has 3 rings (SSSR count). The number of thioether (sulfide) groups is 1. The SMILES string of the molecule is CC(C)Sc1ccc(C(=O)Nc2nnc(-c3cc(Cl)sc3Cl)o2)cc1. The third-order valence-electron chi connectivity index (χ3n) is 3.02. The number of anilines is 1. The summed E-state index contributed by atoms with van der Waals surface area (Å²) >= 11 is 14.9. The van der Waals surface area contributed by atoms with E-state index in [0.29, 0.717) is 25.0 Å². The second-order valence-electron chi connectivity index (χ2n) is 5.30. The first kappa shape index (κ1) is 18.3.